The molecule has 2 N–H and O–H groups in total. The summed E-state index contributed by atoms with van der Waals surface area (Å²) < 4.78 is 34.6. The van der Waals surface area contributed by atoms with Gasteiger partial charge in [0.2, 0.25) is 5.43 Å². The highest BCUT2D eigenvalue weighted by Gasteiger charge is 2.40. The molecule has 0 saturated carbocycles. The van der Waals surface area contributed by atoms with Crippen molar-refractivity contribution in [2.24, 2.45) is 0 Å². The number of aliphatic hydroxyl groups is 1. The third-order valence-electron chi connectivity index (χ3n) is 6.74. The summed E-state index contributed by atoms with van der Waals surface area (Å²) in [5, 5.41) is 13.3. The van der Waals surface area contributed by atoms with Crippen LogP contribution in [0.5, 0.6) is 5.75 Å². The molecule has 2 bridgehead atoms. The smallest absolute Gasteiger partial charge is 0.274 e. The van der Waals surface area contributed by atoms with Crippen LogP contribution in [-0.4, -0.2) is 45.6 Å². The molecule has 3 heterocycles. The van der Waals surface area contributed by atoms with Crippen LogP contribution in [0.25, 0.3) is 0 Å². The maximum atomic E-state index is 14.1. The second-order valence-electron chi connectivity index (χ2n) is 9.18. The summed E-state index contributed by atoms with van der Waals surface area (Å²) in [5.74, 6) is -3.08. The Balaban J connectivity index is 1.54. The van der Waals surface area contributed by atoms with Crippen molar-refractivity contribution in [1.82, 2.24) is 14.8 Å². The molecule has 0 aliphatic carbocycles. The van der Waals surface area contributed by atoms with E-state index < -0.39 is 41.0 Å². The van der Waals surface area contributed by atoms with Crippen LogP contribution in [0.1, 0.15) is 50.9 Å². The Labute approximate surface area is 211 Å². The van der Waals surface area contributed by atoms with Crippen molar-refractivity contribution in [1.29, 1.82) is 0 Å². The second kappa shape index (κ2) is 10.1. The summed E-state index contributed by atoms with van der Waals surface area (Å²) in [6, 6.07) is 11.4. The van der Waals surface area contributed by atoms with Crippen LogP contribution in [0.4, 0.5) is 8.78 Å². The number of pyridine rings is 1. The minimum Gasteiger partial charge on any atom is -0.483 e. The lowest BCUT2D eigenvalue weighted by Gasteiger charge is -2.36. The summed E-state index contributed by atoms with van der Waals surface area (Å²) in [4.78, 5) is 41.5. The van der Waals surface area contributed by atoms with Crippen LogP contribution in [-0.2, 0) is 13.2 Å². The van der Waals surface area contributed by atoms with E-state index in [9.17, 15) is 28.3 Å². The summed E-state index contributed by atoms with van der Waals surface area (Å²) in [7, 11) is 0. The van der Waals surface area contributed by atoms with Gasteiger partial charge in [0.15, 0.2) is 11.4 Å². The lowest BCUT2D eigenvalue weighted by atomic mass is 10.0. The molecule has 1 fully saturated rings. The molecule has 1 aromatic heterocycles. The minimum atomic E-state index is -0.832. The quantitative estimate of drug-likeness (QED) is 0.532. The molecule has 2 amide bonds. The van der Waals surface area contributed by atoms with E-state index in [4.69, 9.17) is 4.74 Å². The normalized spacial score (nSPS) is 18.7. The van der Waals surface area contributed by atoms with E-state index in [2.05, 4.69) is 5.32 Å². The van der Waals surface area contributed by atoms with Crippen molar-refractivity contribution in [3.05, 3.63) is 99.0 Å². The monoisotopic (exact) mass is 509 g/mol. The SMILES string of the molecule is O=C(NCc1ccc(F)cc1F)c1cn2c(c(OCc3ccccc3)c1=O)C(=O)N1CCCC(O)C2C1. The number of amides is 2. The van der Waals surface area contributed by atoms with E-state index in [1.165, 1.54) is 16.8 Å². The molecular weight excluding hydrogens is 484 g/mol. The first kappa shape index (κ1) is 24.6. The van der Waals surface area contributed by atoms with E-state index in [1.54, 1.807) is 29.2 Å². The topological polar surface area (TPSA) is 101 Å². The summed E-state index contributed by atoms with van der Waals surface area (Å²) in [6.07, 6.45) is 1.51. The van der Waals surface area contributed by atoms with E-state index in [0.29, 0.717) is 25.5 Å². The largest absolute Gasteiger partial charge is 0.483 e. The van der Waals surface area contributed by atoms with Gasteiger partial charge in [-0.1, -0.05) is 36.4 Å². The molecule has 10 heteroatoms. The van der Waals surface area contributed by atoms with Gasteiger partial charge < -0.3 is 24.6 Å². The average molecular weight is 510 g/mol. The lowest BCUT2D eigenvalue weighted by molar-refractivity contribution is 0.0554. The minimum absolute atomic E-state index is 0.0146. The zero-order valence-corrected chi connectivity index (χ0v) is 19.8. The Morgan fingerprint density at radius 3 is 2.68 bits per heavy atom. The number of carbonyl (C=O) groups excluding carboxylic acids is 2. The van der Waals surface area contributed by atoms with Gasteiger partial charge in [0.25, 0.3) is 11.8 Å². The van der Waals surface area contributed by atoms with Crippen LogP contribution in [0.15, 0.2) is 59.5 Å². The van der Waals surface area contributed by atoms with Gasteiger partial charge in [-0.05, 0) is 24.5 Å². The average Bonchev–Trinajstić information content (AvgIpc) is 3.06. The van der Waals surface area contributed by atoms with Gasteiger partial charge in [-0.3, -0.25) is 14.4 Å². The van der Waals surface area contributed by atoms with Crippen LogP contribution in [0.2, 0.25) is 0 Å². The zero-order chi connectivity index (χ0) is 26.1. The molecule has 2 unspecified atom stereocenters. The Morgan fingerprint density at radius 1 is 1.14 bits per heavy atom. The number of hydrogen-bond acceptors (Lipinski definition) is 5. The summed E-state index contributed by atoms with van der Waals surface area (Å²) in [6.45, 7) is 0.362. The number of halogens is 2. The number of aliphatic hydroxyl groups excluding tert-OH is 1. The first-order valence-corrected chi connectivity index (χ1v) is 12.0. The van der Waals surface area contributed by atoms with Gasteiger partial charge in [-0.25, -0.2) is 8.78 Å². The molecule has 1 saturated heterocycles. The van der Waals surface area contributed by atoms with E-state index >= 15 is 0 Å². The van der Waals surface area contributed by atoms with Crippen LogP contribution < -0.4 is 15.5 Å². The van der Waals surface area contributed by atoms with Crippen molar-refractivity contribution >= 4 is 11.8 Å². The summed E-state index contributed by atoms with van der Waals surface area (Å²) in [5.41, 5.74) is -0.324. The first-order valence-electron chi connectivity index (χ1n) is 12.0. The van der Waals surface area contributed by atoms with Crippen LogP contribution >= 0.6 is 0 Å². The standard InChI is InChI=1S/C27H25F2N3O5/c28-18-9-8-17(20(29)11-18)12-30-26(35)19-13-32-21-14-31(10-4-7-22(21)33)27(36)23(32)25(24(19)34)37-15-16-5-2-1-3-6-16/h1-3,5-6,8-9,11,13,21-22,33H,4,7,10,12,14-15H2,(H,30,35). The second-order valence-corrected chi connectivity index (χ2v) is 9.18. The Bertz CT molecular complexity index is 1410. The molecule has 0 radical (unpaired) electrons. The van der Waals surface area contributed by atoms with Crippen LogP contribution in [0.3, 0.4) is 0 Å². The van der Waals surface area contributed by atoms with E-state index in [0.717, 1.165) is 11.6 Å². The molecule has 8 nitrogen and oxygen atoms in total. The van der Waals surface area contributed by atoms with Gasteiger partial charge in [-0.15, -0.1) is 0 Å². The fourth-order valence-electron chi connectivity index (χ4n) is 4.77. The molecule has 0 spiro atoms. The molecular formula is C27H25F2N3O5. The predicted molar refractivity (Wildman–Crippen MR) is 129 cm³/mol. The zero-order valence-electron chi connectivity index (χ0n) is 19.8. The van der Waals surface area contributed by atoms with Crippen molar-refractivity contribution in [2.45, 2.75) is 38.1 Å². The molecule has 37 heavy (non-hydrogen) atoms. The van der Waals surface area contributed by atoms with E-state index in [-0.39, 0.29) is 42.3 Å². The molecule has 192 valence electrons. The number of hydrogen-bond donors (Lipinski definition) is 2. The highest BCUT2D eigenvalue weighted by Crippen LogP contribution is 2.33. The van der Waals surface area contributed by atoms with Crippen LogP contribution in [0, 0.1) is 11.6 Å². The van der Waals surface area contributed by atoms with Gasteiger partial charge in [-0.2, -0.15) is 0 Å². The lowest BCUT2D eigenvalue weighted by Crippen LogP contribution is -2.47. The van der Waals surface area contributed by atoms with Gasteiger partial charge >= 0.3 is 0 Å². The first-order chi connectivity index (χ1) is 17.8. The highest BCUT2D eigenvalue weighted by molar-refractivity contribution is 5.99. The van der Waals surface area contributed by atoms with Gasteiger partial charge in [0.1, 0.15) is 23.8 Å². The molecule has 2 aliphatic heterocycles. The van der Waals surface area contributed by atoms with E-state index in [1.807, 2.05) is 6.07 Å². The number of nitrogens with zero attached hydrogens (tertiary/aromatic N) is 2. The Hall–Kier alpha value is -4.05. The molecule has 2 atom stereocenters. The van der Waals surface area contributed by atoms with Gasteiger partial charge in [0.05, 0.1) is 12.1 Å². The highest BCUT2D eigenvalue weighted by atomic mass is 19.1. The van der Waals surface area contributed by atoms with Crippen molar-refractivity contribution in [3.63, 3.8) is 0 Å². The third-order valence-corrected chi connectivity index (χ3v) is 6.74. The number of nitrogens with one attached hydrogen (secondary N) is 1. The third kappa shape index (κ3) is 4.84. The fraction of sp³-hybridized carbons (Fsp3) is 0.296. The maximum absolute atomic E-state index is 14.1. The number of ether oxygens (including phenoxy) is 1. The Morgan fingerprint density at radius 2 is 1.92 bits per heavy atom. The molecule has 2 aliphatic rings. The Kier molecular flexibility index (Phi) is 6.75. The molecule has 2 aromatic carbocycles. The van der Waals surface area contributed by atoms with Crippen molar-refractivity contribution in [3.8, 4) is 5.75 Å². The van der Waals surface area contributed by atoms with Crippen molar-refractivity contribution in [2.75, 3.05) is 13.1 Å². The number of rotatable bonds is 6. The molecule has 3 aromatic rings. The fourth-order valence-corrected chi connectivity index (χ4v) is 4.77. The number of benzene rings is 2. The number of carbonyl (C=O) groups is 2. The predicted octanol–water partition coefficient (Wildman–Crippen LogP) is 2.79. The number of fused-ring (bicyclic) bond motifs is 4. The molecule has 5 rings (SSSR count). The summed E-state index contributed by atoms with van der Waals surface area (Å²) >= 11 is 0. The number of aromatic nitrogens is 1. The van der Waals surface area contributed by atoms with Crippen molar-refractivity contribution < 1.29 is 28.2 Å². The maximum Gasteiger partial charge on any atom is 0.274 e. The van der Waals surface area contributed by atoms with Gasteiger partial charge in [0, 0.05) is 37.5 Å².